The summed E-state index contributed by atoms with van der Waals surface area (Å²) in [5, 5.41) is 2.54. The van der Waals surface area contributed by atoms with Crippen LogP contribution in [0.2, 0.25) is 0 Å². The molecule has 0 aliphatic heterocycles. The van der Waals surface area contributed by atoms with E-state index in [1.54, 1.807) is 6.92 Å². The van der Waals surface area contributed by atoms with Crippen molar-refractivity contribution in [2.75, 3.05) is 0 Å². The molecule has 1 rings (SSSR count). The van der Waals surface area contributed by atoms with E-state index in [0.29, 0.717) is 11.0 Å². The van der Waals surface area contributed by atoms with Crippen LogP contribution in [0, 0.1) is 10.7 Å². The minimum Gasteiger partial charge on any atom is -0.243 e. The average Bonchev–Trinajstić information content (AvgIpc) is 2.08. The molecule has 1 aromatic rings. The summed E-state index contributed by atoms with van der Waals surface area (Å²) >= 11 is 3.05. The summed E-state index contributed by atoms with van der Waals surface area (Å²) in [6.45, 7) is 1.76. The number of hydrogen-bond acceptors (Lipinski definition) is 3. The zero-order chi connectivity index (χ0) is 9.14. The van der Waals surface area contributed by atoms with E-state index in [1.807, 2.05) is 0 Å². The highest BCUT2D eigenvalue weighted by Crippen LogP contribution is 2.23. The third kappa shape index (κ3) is 1.66. The van der Waals surface area contributed by atoms with Crippen molar-refractivity contribution < 1.29 is 4.39 Å². The maximum absolute atomic E-state index is 13.1. The number of hydrogen-bond donors (Lipinski definition) is 0. The molecule has 0 fully saturated rings. The van der Waals surface area contributed by atoms with Gasteiger partial charge in [0.1, 0.15) is 10.3 Å². The van der Waals surface area contributed by atoms with Gasteiger partial charge in [0, 0.05) is 6.07 Å². The van der Waals surface area contributed by atoms with Gasteiger partial charge < -0.3 is 0 Å². The second-order valence-electron chi connectivity index (χ2n) is 2.17. The molecular formula is C7H6BrFN2O. The minimum atomic E-state index is -0.629. The third-order valence-corrected chi connectivity index (χ3v) is 1.82. The monoisotopic (exact) mass is 232 g/mol. The minimum absolute atomic E-state index is 0.200. The number of nitroso groups, excluding NO2 is 1. The van der Waals surface area contributed by atoms with Gasteiger partial charge in [0.2, 0.25) is 0 Å². The molecule has 12 heavy (non-hydrogen) atoms. The molecule has 0 N–H and O–H groups in total. The Bertz CT molecular complexity index is 317. The Balaban J connectivity index is 3.31. The Hall–Kier alpha value is -0.840. The maximum Gasteiger partial charge on any atom is 0.173 e. The van der Waals surface area contributed by atoms with E-state index >= 15 is 0 Å². The highest BCUT2D eigenvalue weighted by atomic mass is 79.9. The maximum atomic E-state index is 13.1. The lowest BCUT2D eigenvalue weighted by molar-refractivity contribution is 0.603. The SMILES string of the molecule is CCc1nc(Br)cc(N=O)c1F. The van der Waals surface area contributed by atoms with Crippen molar-refractivity contribution >= 4 is 21.6 Å². The van der Waals surface area contributed by atoms with Gasteiger partial charge >= 0.3 is 0 Å². The molecule has 0 bridgehead atoms. The van der Waals surface area contributed by atoms with E-state index in [-0.39, 0.29) is 11.4 Å². The van der Waals surface area contributed by atoms with Crippen LogP contribution in [0.1, 0.15) is 12.6 Å². The van der Waals surface area contributed by atoms with E-state index in [2.05, 4.69) is 26.1 Å². The molecule has 0 aliphatic rings. The molecular weight excluding hydrogens is 227 g/mol. The van der Waals surface area contributed by atoms with E-state index < -0.39 is 5.82 Å². The van der Waals surface area contributed by atoms with Gasteiger partial charge in [0.15, 0.2) is 5.82 Å². The first kappa shape index (κ1) is 9.25. The van der Waals surface area contributed by atoms with Gasteiger partial charge in [-0.05, 0) is 27.5 Å². The molecule has 3 nitrogen and oxygen atoms in total. The van der Waals surface area contributed by atoms with Crippen molar-refractivity contribution in [3.63, 3.8) is 0 Å². The van der Waals surface area contributed by atoms with E-state index in [4.69, 9.17) is 0 Å². The lowest BCUT2D eigenvalue weighted by Gasteiger charge is -2.00. The predicted molar refractivity (Wildman–Crippen MR) is 46.7 cm³/mol. The van der Waals surface area contributed by atoms with Crippen LogP contribution in [0.5, 0.6) is 0 Å². The Kier molecular flexibility index (Phi) is 2.86. The van der Waals surface area contributed by atoms with E-state index in [1.165, 1.54) is 6.07 Å². The Morgan fingerprint density at radius 2 is 2.42 bits per heavy atom. The molecule has 0 aromatic carbocycles. The number of pyridine rings is 1. The van der Waals surface area contributed by atoms with Crippen LogP contribution in [-0.2, 0) is 6.42 Å². The first-order valence-corrected chi connectivity index (χ1v) is 4.16. The normalized spacial score (nSPS) is 9.92. The summed E-state index contributed by atoms with van der Waals surface area (Å²) < 4.78 is 13.5. The fourth-order valence-corrected chi connectivity index (χ4v) is 1.27. The molecule has 5 heteroatoms. The summed E-state index contributed by atoms with van der Waals surface area (Å²) in [5.74, 6) is -0.629. The van der Waals surface area contributed by atoms with Crippen molar-refractivity contribution in [2.45, 2.75) is 13.3 Å². The summed E-state index contributed by atoms with van der Waals surface area (Å²) in [5.41, 5.74) is 0.0488. The quantitative estimate of drug-likeness (QED) is 0.582. The fourth-order valence-electron chi connectivity index (χ4n) is 0.835. The van der Waals surface area contributed by atoms with Crippen molar-refractivity contribution in [1.29, 1.82) is 0 Å². The summed E-state index contributed by atoms with van der Waals surface area (Å²) in [4.78, 5) is 14.0. The van der Waals surface area contributed by atoms with Gasteiger partial charge in [-0.2, -0.15) is 0 Å². The van der Waals surface area contributed by atoms with E-state index in [9.17, 15) is 9.30 Å². The van der Waals surface area contributed by atoms with Crippen molar-refractivity contribution in [2.24, 2.45) is 5.18 Å². The zero-order valence-electron chi connectivity index (χ0n) is 6.34. The predicted octanol–water partition coefficient (Wildman–Crippen LogP) is 2.94. The Labute approximate surface area is 77.1 Å². The van der Waals surface area contributed by atoms with Crippen LogP contribution >= 0.6 is 15.9 Å². The van der Waals surface area contributed by atoms with Crippen molar-refractivity contribution in [3.8, 4) is 0 Å². The molecule has 0 saturated heterocycles. The second-order valence-corrected chi connectivity index (χ2v) is 2.98. The Morgan fingerprint density at radius 1 is 1.75 bits per heavy atom. The summed E-state index contributed by atoms with van der Waals surface area (Å²) in [6, 6.07) is 1.25. The molecule has 1 heterocycles. The first-order valence-electron chi connectivity index (χ1n) is 3.37. The van der Waals surface area contributed by atoms with Gasteiger partial charge in [0.25, 0.3) is 0 Å². The standard InChI is InChI=1S/C7H6BrFN2O/c1-2-4-7(9)5(11-12)3-6(8)10-4/h3H,2H2,1H3. The van der Waals surface area contributed by atoms with Gasteiger partial charge in [-0.1, -0.05) is 6.92 Å². The third-order valence-electron chi connectivity index (χ3n) is 1.41. The van der Waals surface area contributed by atoms with Gasteiger partial charge in [-0.15, -0.1) is 4.91 Å². The van der Waals surface area contributed by atoms with Crippen LogP contribution < -0.4 is 0 Å². The topological polar surface area (TPSA) is 42.3 Å². The second kappa shape index (κ2) is 3.71. The van der Waals surface area contributed by atoms with Crippen molar-refractivity contribution in [1.82, 2.24) is 4.98 Å². The first-order chi connectivity index (χ1) is 5.69. The number of aryl methyl sites for hydroxylation is 1. The number of rotatable bonds is 2. The fraction of sp³-hybridized carbons (Fsp3) is 0.286. The van der Waals surface area contributed by atoms with Gasteiger partial charge in [0.05, 0.1) is 5.69 Å². The molecule has 0 radical (unpaired) electrons. The van der Waals surface area contributed by atoms with Gasteiger partial charge in [-0.3, -0.25) is 0 Å². The molecule has 1 aromatic heterocycles. The van der Waals surface area contributed by atoms with Gasteiger partial charge in [-0.25, -0.2) is 9.37 Å². The van der Waals surface area contributed by atoms with Crippen LogP contribution in [0.25, 0.3) is 0 Å². The summed E-state index contributed by atoms with van der Waals surface area (Å²) in [7, 11) is 0. The summed E-state index contributed by atoms with van der Waals surface area (Å²) in [6.07, 6.45) is 0.438. The molecule has 64 valence electrons. The Morgan fingerprint density at radius 3 is 2.92 bits per heavy atom. The molecule has 0 saturated carbocycles. The highest BCUT2D eigenvalue weighted by molar-refractivity contribution is 9.10. The smallest absolute Gasteiger partial charge is 0.173 e. The molecule has 0 spiro atoms. The average molecular weight is 233 g/mol. The van der Waals surface area contributed by atoms with Crippen LogP contribution in [0.4, 0.5) is 10.1 Å². The lowest BCUT2D eigenvalue weighted by atomic mass is 10.2. The molecule has 0 atom stereocenters. The zero-order valence-corrected chi connectivity index (χ0v) is 7.93. The molecule has 0 aliphatic carbocycles. The van der Waals surface area contributed by atoms with Crippen LogP contribution in [0.3, 0.4) is 0 Å². The van der Waals surface area contributed by atoms with E-state index in [0.717, 1.165) is 0 Å². The number of nitrogens with zero attached hydrogens (tertiary/aromatic N) is 2. The number of aromatic nitrogens is 1. The number of halogens is 2. The molecule has 0 unspecified atom stereocenters. The van der Waals surface area contributed by atoms with Crippen molar-refractivity contribution in [3.05, 3.63) is 27.1 Å². The molecule has 0 amide bonds. The lowest BCUT2D eigenvalue weighted by Crippen LogP contribution is -1.93. The van der Waals surface area contributed by atoms with Crippen LogP contribution in [0.15, 0.2) is 15.8 Å². The largest absolute Gasteiger partial charge is 0.243 e. The van der Waals surface area contributed by atoms with Crippen LogP contribution in [-0.4, -0.2) is 4.98 Å². The highest BCUT2D eigenvalue weighted by Gasteiger charge is 2.10.